The fourth-order valence-corrected chi connectivity index (χ4v) is 4.57. The first-order valence-electron chi connectivity index (χ1n) is 10.2. The second-order valence-electron chi connectivity index (χ2n) is 7.94. The van der Waals surface area contributed by atoms with Gasteiger partial charge in [-0.3, -0.25) is 14.4 Å². The molecule has 0 radical (unpaired) electrons. The predicted octanol–water partition coefficient (Wildman–Crippen LogP) is 3.23. The largest absolute Gasteiger partial charge is 0.339 e. The quantitative estimate of drug-likeness (QED) is 0.667. The average molecular weight is 488 g/mol. The van der Waals surface area contributed by atoms with Crippen LogP contribution in [0.4, 0.5) is 10.1 Å². The molecule has 162 valence electrons. The highest BCUT2D eigenvalue weighted by Gasteiger charge is 2.38. The molecule has 0 bridgehead atoms. The van der Waals surface area contributed by atoms with E-state index in [1.165, 1.54) is 6.07 Å². The van der Waals surface area contributed by atoms with Gasteiger partial charge in [0.2, 0.25) is 11.8 Å². The molecule has 1 atom stereocenters. The van der Waals surface area contributed by atoms with Gasteiger partial charge < -0.3 is 14.7 Å². The SMILES string of the molecule is Cc1ccc(C(=O)N2CCN(C(=O)C3CC(=O)N(c4ccccc4Br)C3)CC2)cc1F. The Kier molecular flexibility index (Phi) is 6.09. The lowest BCUT2D eigenvalue weighted by atomic mass is 10.1. The number of halogens is 2. The van der Waals surface area contributed by atoms with Crippen molar-refractivity contribution in [2.45, 2.75) is 13.3 Å². The van der Waals surface area contributed by atoms with Crippen molar-refractivity contribution in [3.8, 4) is 0 Å². The van der Waals surface area contributed by atoms with Gasteiger partial charge >= 0.3 is 0 Å². The summed E-state index contributed by atoms with van der Waals surface area (Å²) in [4.78, 5) is 43.2. The Hall–Kier alpha value is -2.74. The fraction of sp³-hybridized carbons (Fsp3) is 0.348. The van der Waals surface area contributed by atoms with Crippen LogP contribution in [-0.4, -0.2) is 60.2 Å². The monoisotopic (exact) mass is 487 g/mol. The number of amides is 3. The lowest BCUT2D eigenvalue weighted by molar-refractivity contribution is -0.137. The van der Waals surface area contributed by atoms with Crippen molar-refractivity contribution >= 4 is 39.3 Å². The van der Waals surface area contributed by atoms with Crippen molar-refractivity contribution in [2.24, 2.45) is 5.92 Å². The van der Waals surface area contributed by atoms with E-state index in [4.69, 9.17) is 0 Å². The zero-order chi connectivity index (χ0) is 22.1. The third-order valence-corrected chi connectivity index (χ3v) is 6.59. The van der Waals surface area contributed by atoms with E-state index in [0.717, 1.165) is 10.2 Å². The normalized spacial score (nSPS) is 19.1. The molecule has 2 aliphatic heterocycles. The van der Waals surface area contributed by atoms with Gasteiger partial charge in [0.1, 0.15) is 5.82 Å². The molecule has 2 aromatic rings. The highest BCUT2D eigenvalue weighted by Crippen LogP contribution is 2.32. The van der Waals surface area contributed by atoms with E-state index in [2.05, 4.69) is 15.9 Å². The van der Waals surface area contributed by atoms with Gasteiger partial charge in [-0.05, 0) is 52.7 Å². The molecule has 8 heteroatoms. The van der Waals surface area contributed by atoms with Crippen molar-refractivity contribution in [1.29, 1.82) is 0 Å². The number of carbonyl (C=O) groups excluding carboxylic acids is 3. The van der Waals surface area contributed by atoms with E-state index in [1.54, 1.807) is 33.8 Å². The molecule has 2 saturated heterocycles. The number of para-hydroxylation sites is 1. The third-order valence-electron chi connectivity index (χ3n) is 5.91. The summed E-state index contributed by atoms with van der Waals surface area (Å²) in [5.74, 6) is -1.16. The molecule has 2 aliphatic rings. The van der Waals surface area contributed by atoms with Gasteiger partial charge in [-0.2, -0.15) is 0 Å². The second-order valence-corrected chi connectivity index (χ2v) is 8.79. The highest BCUT2D eigenvalue weighted by molar-refractivity contribution is 9.10. The van der Waals surface area contributed by atoms with Crippen molar-refractivity contribution < 1.29 is 18.8 Å². The molecule has 2 fully saturated rings. The summed E-state index contributed by atoms with van der Waals surface area (Å²) in [6.07, 6.45) is 0.182. The zero-order valence-electron chi connectivity index (χ0n) is 17.2. The number of piperazine rings is 1. The minimum Gasteiger partial charge on any atom is -0.339 e. The van der Waals surface area contributed by atoms with Crippen LogP contribution >= 0.6 is 15.9 Å². The maximum atomic E-state index is 13.8. The molecule has 2 aromatic carbocycles. The molecule has 0 saturated carbocycles. The molecule has 3 amide bonds. The van der Waals surface area contributed by atoms with Crippen LogP contribution in [0.1, 0.15) is 22.3 Å². The molecule has 6 nitrogen and oxygen atoms in total. The summed E-state index contributed by atoms with van der Waals surface area (Å²) in [5, 5.41) is 0. The molecule has 0 spiro atoms. The van der Waals surface area contributed by atoms with E-state index >= 15 is 0 Å². The molecule has 0 N–H and O–H groups in total. The van der Waals surface area contributed by atoms with Gasteiger partial charge in [0, 0.05) is 49.2 Å². The van der Waals surface area contributed by atoms with Crippen LogP contribution in [0.2, 0.25) is 0 Å². The Bertz CT molecular complexity index is 1040. The molecule has 1 unspecified atom stereocenters. The first kappa shape index (κ1) is 21.5. The van der Waals surface area contributed by atoms with Gasteiger partial charge in [-0.1, -0.05) is 18.2 Å². The number of hydrogen-bond acceptors (Lipinski definition) is 3. The molecular formula is C23H23BrFN3O3. The van der Waals surface area contributed by atoms with Crippen LogP contribution in [0.5, 0.6) is 0 Å². The zero-order valence-corrected chi connectivity index (χ0v) is 18.8. The summed E-state index contributed by atoms with van der Waals surface area (Å²) in [6, 6.07) is 11.9. The Labute approximate surface area is 188 Å². The molecule has 0 aromatic heterocycles. The summed E-state index contributed by atoms with van der Waals surface area (Å²) < 4.78 is 14.6. The second kappa shape index (κ2) is 8.78. The topological polar surface area (TPSA) is 60.9 Å². The third kappa shape index (κ3) is 4.35. The van der Waals surface area contributed by atoms with Crippen LogP contribution in [0.15, 0.2) is 46.9 Å². The number of nitrogens with zero attached hydrogens (tertiary/aromatic N) is 3. The van der Waals surface area contributed by atoms with Gasteiger partial charge in [-0.25, -0.2) is 4.39 Å². The summed E-state index contributed by atoms with van der Waals surface area (Å²) in [6.45, 7) is 3.57. The van der Waals surface area contributed by atoms with Crippen molar-refractivity contribution in [2.75, 3.05) is 37.6 Å². The molecule has 4 rings (SSSR count). The van der Waals surface area contributed by atoms with Crippen LogP contribution in [0.25, 0.3) is 0 Å². The van der Waals surface area contributed by atoms with Crippen molar-refractivity contribution in [3.63, 3.8) is 0 Å². The lowest BCUT2D eigenvalue weighted by Crippen LogP contribution is -2.52. The van der Waals surface area contributed by atoms with Crippen LogP contribution < -0.4 is 4.90 Å². The van der Waals surface area contributed by atoms with Gasteiger partial charge in [0.25, 0.3) is 5.91 Å². The minimum absolute atomic E-state index is 0.0589. The van der Waals surface area contributed by atoms with E-state index in [-0.39, 0.29) is 24.1 Å². The van der Waals surface area contributed by atoms with E-state index in [1.807, 2.05) is 24.3 Å². The Balaban J connectivity index is 1.36. The maximum absolute atomic E-state index is 13.8. The number of rotatable bonds is 3. The van der Waals surface area contributed by atoms with Gasteiger partial charge in [0.15, 0.2) is 0 Å². The number of carbonyl (C=O) groups is 3. The Morgan fingerprint density at radius 3 is 2.39 bits per heavy atom. The maximum Gasteiger partial charge on any atom is 0.254 e. The number of benzene rings is 2. The fourth-order valence-electron chi connectivity index (χ4n) is 4.07. The van der Waals surface area contributed by atoms with E-state index in [9.17, 15) is 18.8 Å². The van der Waals surface area contributed by atoms with Crippen LogP contribution in [0, 0.1) is 18.7 Å². The number of hydrogen-bond donors (Lipinski definition) is 0. The molecule has 0 aliphatic carbocycles. The van der Waals surface area contributed by atoms with Crippen molar-refractivity contribution in [3.05, 3.63) is 63.9 Å². The lowest BCUT2D eigenvalue weighted by Gasteiger charge is -2.36. The summed E-state index contributed by atoms with van der Waals surface area (Å²) >= 11 is 3.46. The smallest absolute Gasteiger partial charge is 0.254 e. The molecule has 31 heavy (non-hydrogen) atoms. The summed E-state index contributed by atoms with van der Waals surface area (Å²) in [7, 11) is 0. The highest BCUT2D eigenvalue weighted by atomic mass is 79.9. The van der Waals surface area contributed by atoms with Gasteiger partial charge in [-0.15, -0.1) is 0 Å². The minimum atomic E-state index is -0.403. The molecule has 2 heterocycles. The first-order valence-corrected chi connectivity index (χ1v) is 11.0. The van der Waals surface area contributed by atoms with Gasteiger partial charge in [0.05, 0.1) is 11.6 Å². The van der Waals surface area contributed by atoms with Crippen LogP contribution in [0.3, 0.4) is 0 Å². The van der Waals surface area contributed by atoms with E-state index in [0.29, 0.717) is 43.9 Å². The first-order chi connectivity index (χ1) is 14.8. The summed E-state index contributed by atoms with van der Waals surface area (Å²) in [5.41, 5.74) is 1.58. The average Bonchev–Trinajstić information content (AvgIpc) is 3.16. The standard InChI is InChI=1S/C23H23BrFN3O3/c1-15-6-7-16(12-19(15)25)22(30)26-8-10-27(11-9-26)23(31)17-13-21(29)28(14-17)20-5-3-2-4-18(20)24/h2-7,12,17H,8-11,13-14H2,1H3. The van der Waals surface area contributed by atoms with Crippen LogP contribution in [-0.2, 0) is 9.59 Å². The number of anilines is 1. The molecular weight excluding hydrogens is 465 g/mol. The Morgan fingerprint density at radius 1 is 1.03 bits per heavy atom. The predicted molar refractivity (Wildman–Crippen MR) is 118 cm³/mol. The van der Waals surface area contributed by atoms with E-state index < -0.39 is 11.7 Å². The van der Waals surface area contributed by atoms with Crippen molar-refractivity contribution in [1.82, 2.24) is 9.80 Å². The Morgan fingerprint density at radius 2 is 1.71 bits per heavy atom. The number of aryl methyl sites for hydroxylation is 1.